The molecule has 2 aromatic carbocycles. The molecule has 29 heavy (non-hydrogen) atoms. The predicted octanol–water partition coefficient (Wildman–Crippen LogP) is 3.21. The number of nitrogens with one attached hydrogen (secondary N) is 1. The summed E-state index contributed by atoms with van der Waals surface area (Å²) in [4.78, 5) is 12.5. The molecule has 158 valence electrons. The molecule has 1 amide bonds. The van der Waals surface area contributed by atoms with E-state index in [9.17, 15) is 13.2 Å². The highest BCUT2D eigenvalue weighted by Gasteiger charge is 2.28. The third-order valence-electron chi connectivity index (χ3n) is 4.35. The van der Waals surface area contributed by atoms with Gasteiger partial charge in [-0.2, -0.15) is 11.8 Å². The van der Waals surface area contributed by atoms with Gasteiger partial charge in [-0.3, -0.25) is 9.10 Å². The molecule has 0 bridgehead atoms. The van der Waals surface area contributed by atoms with E-state index in [-0.39, 0.29) is 5.91 Å². The Morgan fingerprint density at radius 1 is 1.14 bits per heavy atom. The number of hydrogen-bond donors (Lipinski definition) is 1. The van der Waals surface area contributed by atoms with E-state index in [1.165, 1.54) is 18.2 Å². The minimum atomic E-state index is -3.63. The van der Waals surface area contributed by atoms with Crippen molar-refractivity contribution in [2.75, 3.05) is 30.0 Å². The Morgan fingerprint density at radius 3 is 2.31 bits per heavy atom. The van der Waals surface area contributed by atoms with Gasteiger partial charge in [0.1, 0.15) is 11.8 Å². The van der Waals surface area contributed by atoms with Crippen molar-refractivity contribution in [3.05, 3.63) is 59.7 Å². The van der Waals surface area contributed by atoms with Gasteiger partial charge in [0.15, 0.2) is 0 Å². The van der Waals surface area contributed by atoms with Crippen molar-refractivity contribution in [1.29, 1.82) is 0 Å². The SMILES string of the molecule is COc1ccc(N([C@@H](C)C(=O)NCCSCc2ccc(C)cc2)S(C)(=O)=O)cc1. The fourth-order valence-electron chi connectivity index (χ4n) is 2.81. The van der Waals surface area contributed by atoms with E-state index in [1.807, 2.05) is 0 Å². The summed E-state index contributed by atoms with van der Waals surface area (Å²) in [6, 6.07) is 14.1. The van der Waals surface area contributed by atoms with E-state index in [2.05, 4.69) is 36.5 Å². The number of aryl methyl sites for hydroxylation is 1. The highest BCUT2D eigenvalue weighted by atomic mass is 32.2. The molecule has 0 aliphatic carbocycles. The highest BCUT2D eigenvalue weighted by Crippen LogP contribution is 2.23. The molecule has 0 unspecified atom stereocenters. The van der Waals surface area contributed by atoms with E-state index in [1.54, 1.807) is 43.0 Å². The number of amides is 1. The number of nitrogens with zero attached hydrogens (tertiary/aromatic N) is 1. The van der Waals surface area contributed by atoms with E-state index in [0.29, 0.717) is 18.0 Å². The Labute approximate surface area is 177 Å². The molecule has 2 rings (SSSR count). The van der Waals surface area contributed by atoms with Crippen LogP contribution >= 0.6 is 11.8 Å². The molecule has 2 aromatic rings. The Balaban J connectivity index is 1.90. The molecule has 0 saturated heterocycles. The summed E-state index contributed by atoms with van der Waals surface area (Å²) in [7, 11) is -2.09. The van der Waals surface area contributed by atoms with Crippen LogP contribution in [0, 0.1) is 6.92 Å². The molecule has 1 N–H and O–H groups in total. The number of thioether (sulfide) groups is 1. The third-order valence-corrected chi connectivity index (χ3v) is 6.62. The van der Waals surface area contributed by atoms with Gasteiger partial charge in [0, 0.05) is 18.1 Å². The Morgan fingerprint density at radius 2 is 1.76 bits per heavy atom. The van der Waals surface area contributed by atoms with Gasteiger partial charge in [0.05, 0.1) is 19.1 Å². The number of anilines is 1. The van der Waals surface area contributed by atoms with E-state index >= 15 is 0 Å². The largest absolute Gasteiger partial charge is 0.497 e. The Kier molecular flexibility index (Phi) is 8.40. The maximum absolute atomic E-state index is 12.5. The van der Waals surface area contributed by atoms with Crippen molar-refractivity contribution in [3.63, 3.8) is 0 Å². The highest BCUT2D eigenvalue weighted by molar-refractivity contribution is 7.98. The van der Waals surface area contributed by atoms with Crippen molar-refractivity contribution in [2.24, 2.45) is 0 Å². The zero-order chi connectivity index (χ0) is 21.4. The minimum absolute atomic E-state index is 0.331. The molecular formula is C21H28N2O4S2. The lowest BCUT2D eigenvalue weighted by molar-refractivity contribution is -0.121. The lowest BCUT2D eigenvalue weighted by Crippen LogP contribution is -2.48. The second-order valence-corrected chi connectivity index (χ2v) is 9.73. The summed E-state index contributed by atoms with van der Waals surface area (Å²) in [5.41, 5.74) is 2.89. The van der Waals surface area contributed by atoms with Crippen LogP contribution in [0.2, 0.25) is 0 Å². The first kappa shape index (κ1) is 23.1. The van der Waals surface area contributed by atoms with Crippen molar-refractivity contribution >= 4 is 33.4 Å². The van der Waals surface area contributed by atoms with Gasteiger partial charge in [-0.1, -0.05) is 29.8 Å². The zero-order valence-electron chi connectivity index (χ0n) is 17.2. The molecule has 0 aliphatic heterocycles. The molecule has 8 heteroatoms. The molecule has 0 radical (unpaired) electrons. The first-order valence-corrected chi connectivity index (χ1v) is 12.3. The van der Waals surface area contributed by atoms with Crippen LogP contribution in [0.25, 0.3) is 0 Å². The van der Waals surface area contributed by atoms with E-state index < -0.39 is 16.1 Å². The van der Waals surface area contributed by atoms with Crippen LogP contribution in [0.1, 0.15) is 18.1 Å². The summed E-state index contributed by atoms with van der Waals surface area (Å²) in [5.74, 6) is 1.90. The topological polar surface area (TPSA) is 75.7 Å². The van der Waals surface area contributed by atoms with Gasteiger partial charge in [-0.05, 0) is 43.7 Å². The average Bonchev–Trinajstić information content (AvgIpc) is 2.68. The average molecular weight is 437 g/mol. The van der Waals surface area contributed by atoms with Gasteiger partial charge in [-0.25, -0.2) is 8.42 Å². The summed E-state index contributed by atoms with van der Waals surface area (Å²) in [6.07, 6.45) is 1.10. The van der Waals surface area contributed by atoms with Crippen molar-refractivity contribution in [2.45, 2.75) is 25.6 Å². The van der Waals surface area contributed by atoms with Gasteiger partial charge < -0.3 is 10.1 Å². The van der Waals surface area contributed by atoms with Crippen LogP contribution in [0.3, 0.4) is 0 Å². The maximum Gasteiger partial charge on any atom is 0.243 e. The van der Waals surface area contributed by atoms with Crippen LogP contribution in [-0.2, 0) is 20.6 Å². The van der Waals surface area contributed by atoms with Gasteiger partial charge in [0.2, 0.25) is 15.9 Å². The number of carbonyl (C=O) groups is 1. The fourth-order valence-corrected chi connectivity index (χ4v) is 4.80. The summed E-state index contributed by atoms with van der Waals surface area (Å²) < 4.78 is 30.8. The quantitative estimate of drug-likeness (QED) is 0.579. The van der Waals surface area contributed by atoms with Crippen LogP contribution in [-0.4, -0.2) is 46.0 Å². The number of carbonyl (C=O) groups excluding carboxylic acids is 1. The summed E-state index contributed by atoms with van der Waals surface area (Å²) >= 11 is 1.72. The first-order chi connectivity index (χ1) is 13.7. The standard InChI is InChI=1S/C21H28N2O4S2/c1-16-5-7-18(8-6-16)15-28-14-13-22-21(24)17(2)23(29(4,25)26)19-9-11-20(27-3)12-10-19/h5-12,17H,13-15H2,1-4H3,(H,22,24)/t17-/m0/s1. The molecule has 6 nitrogen and oxygen atoms in total. The molecule has 0 spiro atoms. The Hall–Kier alpha value is -2.19. The molecule has 0 fully saturated rings. The van der Waals surface area contributed by atoms with Crippen LogP contribution in [0.5, 0.6) is 5.75 Å². The second-order valence-electron chi connectivity index (χ2n) is 6.76. The van der Waals surface area contributed by atoms with Crippen LogP contribution in [0.4, 0.5) is 5.69 Å². The number of benzene rings is 2. The lowest BCUT2D eigenvalue weighted by Gasteiger charge is -2.28. The van der Waals surface area contributed by atoms with Crippen molar-refractivity contribution in [1.82, 2.24) is 5.32 Å². The number of ether oxygens (including phenoxy) is 1. The molecule has 0 aromatic heterocycles. The normalized spacial score (nSPS) is 12.3. The molecule has 1 atom stereocenters. The summed E-state index contributed by atoms with van der Waals surface area (Å²) in [5, 5.41) is 2.83. The third kappa shape index (κ3) is 6.97. The Bertz CT molecular complexity index is 897. The second kappa shape index (κ2) is 10.5. The monoisotopic (exact) mass is 436 g/mol. The van der Waals surface area contributed by atoms with E-state index in [4.69, 9.17) is 4.74 Å². The molecule has 0 heterocycles. The van der Waals surface area contributed by atoms with Crippen LogP contribution in [0.15, 0.2) is 48.5 Å². The molecular weight excluding hydrogens is 408 g/mol. The first-order valence-electron chi connectivity index (χ1n) is 9.27. The zero-order valence-corrected chi connectivity index (χ0v) is 18.8. The van der Waals surface area contributed by atoms with E-state index in [0.717, 1.165) is 22.1 Å². The number of hydrogen-bond acceptors (Lipinski definition) is 5. The van der Waals surface area contributed by atoms with Crippen molar-refractivity contribution < 1.29 is 17.9 Å². The van der Waals surface area contributed by atoms with Gasteiger partial charge in [0.25, 0.3) is 0 Å². The summed E-state index contributed by atoms with van der Waals surface area (Å²) in [6.45, 7) is 4.11. The van der Waals surface area contributed by atoms with Crippen molar-refractivity contribution in [3.8, 4) is 5.75 Å². The number of methoxy groups -OCH3 is 1. The smallest absolute Gasteiger partial charge is 0.243 e. The maximum atomic E-state index is 12.5. The van der Waals surface area contributed by atoms with Crippen LogP contribution < -0.4 is 14.4 Å². The number of sulfonamides is 1. The minimum Gasteiger partial charge on any atom is -0.497 e. The lowest BCUT2D eigenvalue weighted by atomic mass is 10.2. The predicted molar refractivity (Wildman–Crippen MR) is 120 cm³/mol. The van der Waals surface area contributed by atoms with Gasteiger partial charge >= 0.3 is 0 Å². The molecule has 0 saturated carbocycles. The fraction of sp³-hybridized carbons (Fsp3) is 0.381. The van der Waals surface area contributed by atoms with Gasteiger partial charge in [-0.15, -0.1) is 0 Å². The molecule has 0 aliphatic rings. The number of rotatable bonds is 10.